The van der Waals surface area contributed by atoms with Gasteiger partial charge in [0.25, 0.3) is 0 Å². The molecule has 0 amide bonds. The summed E-state index contributed by atoms with van der Waals surface area (Å²) < 4.78 is 9.48. The van der Waals surface area contributed by atoms with Gasteiger partial charge in [0.15, 0.2) is 0 Å². The lowest BCUT2D eigenvalue weighted by atomic mass is 9.73. The Balaban J connectivity index is 1.12. The Morgan fingerprint density at radius 1 is 0.360 bits per heavy atom. The van der Waals surface area contributed by atoms with Crippen molar-refractivity contribution in [2.75, 3.05) is 16.5 Å². The summed E-state index contributed by atoms with van der Waals surface area (Å²) >= 11 is 0. The van der Waals surface area contributed by atoms with Crippen molar-refractivity contribution in [3.05, 3.63) is 214 Å². The van der Waals surface area contributed by atoms with Crippen LogP contribution in [0.2, 0.25) is 0 Å². The molecule has 5 heteroatoms. The monoisotopic (exact) mass is 991 g/mol. The van der Waals surface area contributed by atoms with E-state index >= 15 is 0 Å². The van der Waals surface area contributed by atoms with Crippen LogP contribution < -0.4 is 14.5 Å². The third kappa shape index (κ3) is 9.76. The number of nitrogens with zero attached hydrogens (tertiary/aromatic N) is 4. The molecule has 7 aromatic carbocycles. The van der Waals surface area contributed by atoms with Gasteiger partial charge in [-0.25, -0.2) is 4.98 Å². The Hall–Kier alpha value is -7.11. The highest BCUT2D eigenvalue weighted by atomic mass is 16.5. The van der Waals surface area contributed by atoms with Gasteiger partial charge in [0.2, 0.25) is 0 Å². The Morgan fingerprint density at radius 2 is 0.880 bits per heavy atom. The lowest BCUT2D eigenvalue weighted by Crippen LogP contribution is -2.27. The number of ether oxygens (including phenoxy) is 1. The Morgan fingerprint density at radius 3 is 1.47 bits per heavy atom. The molecule has 75 heavy (non-hydrogen) atoms. The van der Waals surface area contributed by atoms with Crippen LogP contribution in [0, 0.1) is 0 Å². The number of pyridine rings is 1. The van der Waals surface area contributed by atoms with Crippen molar-refractivity contribution in [3.8, 4) is 17.3 Å². The molecule has 0 saturated carbocycles. The predicted octanol–water partition coefficient (Wildman–Crippen LogP) is 19.1. The van der Waals surface area contributed by atoms with Gasteiger partial charge in [-0.2, -0.15) is 0 Å². The summed E-state index contributed by atoms with van der Waals surface area (Å²) in [6, 6.07) is 61.1. The Kier molecular flexibility index (Phi) is 12.6. The van der Waals surface area contributed by atoms with Crippen LogP contribution in [0.3, 0.4) is 0 Å². The fraction of sp³-hybridized carbons (Fsp3) is 0.329. The number of rotatable bonds is 9. The molecule has 0 aliphatic carbocycles. The van der Waals surface area contributed by atoms with E-state index < -0.39 is 0 Å². The molecule has 2 aromatic heterocycles. The van der Waals surface area contributed by atoms with E-state index in [2.05, 4.69) is 289 Å². The molecule has 3 heterocycles. The highest BCUT2D eigenvalue weighted by Crippen LogP contribution is 2.50. The molecule has 9 aromatic rings. The lowest BCUT2D eigenvalue weighted by molar-refractivity contribution is 0.479. The molecule has 0 bridgehead atoms. The molecule has 384 valence electrons. The van der Waals surface area contributed by atoms with Gasteiger partial charge in [-0.3, -0.25) is 4.57 Å². The van der Waals surface area contributed by atoms with Crippen LogP contribution in [0.25, 0.3) is 27.6 Å². The van der Waals surface area contributed by atoms with Crippen LogP contribution in [-0.4, -0.2) is 16.2 Å². The van der Waals surface area contributed by atoms with Gasteiger partial charge in [-0.15, -0.1) is 0 Å². The molecule has 1 aliphatic heterocycles. The Bertz CT molecular complexity index is 3520. The van der Waals surface area contributed by atoms with E-state index in [0.717, 1.165) is 34.0 Å². The van der Waals surface area contributed by atoms with Crippen LogP contribution in [0.5, 0.6) is 11.5 Å². The number of anilines is 4. The maximum absolute atomic E-state index is 7.16. The summed E-state index contributed by atoms with van der Waals surface area (Å²) in [5.41, 5.74) is 16.2. The molecule has 5 nitrogen and oxygen atoms in total. The summed E-state index contributed by atoms with van der Waals surface area (Å²) in [6.45, 7) is 37.5. The lowest BCUT2D eigenvalue weighted by Gasteiger charge is -2.33. The van der Waals surface area contributed by atoms with Crippen molar-refractivity contribution in [1.29, 1.82) is 0 Å². The van der Waals surface area contributed by atoms with Crippen molar-refractivity contribution < 1.29 is 4.74 Å². The molecule has 10 rings (SSSR count). The largest absolute Gasteiger partial charge is 0.457 e. The zero-order valence-electron chi connectivity index (χ0n) is 47.6. The second kappa shape index (κ2) is 18.3. The molecule has 0 N–H and O–H groups in total. The summed E-state index contributed by atoms with van der Waals surface area (Å²) in [4.78, 5) is 10.1. The van der Waals surface area contributed by atoms with Crippen molar-refractivity contribution in [1.82, 2.24) is 9.55 Å². The van der Waals surface area contributed by atoms with E-state index in [1.54, 1.807) is 0 Å². The second-order valence-electron chi connectivity index (χ2n) is 26.4. The maximum Gasteiger partial charge on any atom is 0.137 e. The van der Waals surface area contributed by atoms with Crippen LogP contribution in [0.1, 0.15) is 155 Å². The van der Waals surface area contributed by atoms with Gasteiger partial charge < -0.3 is 14.5 Å². The minimum atomic E-state index is -0.260. The van der Waals surface area contributed by atoms with Gasteiger partial charge in [-0.1, -0.05) is 190 Å². The fourth-order valence-electron chi connectivity index (χ4n) is 10.9. The van der Waals surface area contributed by atoms with Gasteiger partial charge in [0, 0.05) is 51.3 Å². The van der Waals surface area contributed by atoms with Gasteiger partial charge >= 0.3 is 0 Å². The average Bonchev–Trinajstić information content (AvgIpc) is 3.93. The highest BCUT2D eigenvalue weighted by molar-refractivity contribution is 6.10. The first-order chi connectivity index (χ1) is 35.2. The van der Waals surface area contributed by atoms with Crippen LogP contribution >= 0.6 is 0 Å². The first-order valence-corrected chi connectivity index (χ1v) is 27.0. The van der Waals surface area contributed by atoms with E-state index in [-0.39, 0.29) is 32.5 Å². The van der Waals surface area contributed by atoms with Gasteiger partial charge in [-0.05, 0) is 139 Å². The van der Waals surface area contributed by atoms with E-state index in [4.69, 9.17) is 9.72 Å². The normalized spacial score (nSPS) is 13.8. The molecule has 0 fully saturated rings. The minimum Gasteiger partial charge on any atom is -0.457 e. The molecule has 1 aliphatic rings. The zero-order valence-corrected chi connectivity index (χ0v) is 47.6. The fourth-order valence-corrected chi connectivity index (χ4v) is 10.9. The van der Waals surface area contributed by atoms with Crippen molar-refractivity contribution in [2.45, 2.75) is 143 Å². The van der Waals surface area contributed by atoms with E-state index in [9.17, 15) is 0 Å². The van der Waals surface area contributed by atoms with Gasteiger partial charge in [0.05, 0.1) is 22.4 Å². The third-order valence-corrected chi connectivity index (χ3v) is 16.1. The maximum atomic E-state index is 7.16. The summed E-state index contributed by atoms with van der Waals surface area (Å²) in [7, 11) is 0. The summed E-state index contributed by atoms with van der Waals surface area (Å²) in [5.74, 6) is 2.47. The molecule has 0 unspecified atom stereocenters. The Labute approximate surface area is 448 Å². The topological polar surface area (TPSA) is 33.5 Å². The van der Waals surface area contributed by atoms with Crippen molar-refractivity contribution in [2.24, 2.45) is 0 Å². The molecule has 0 radical (unpaired) electrons. The average molecular weight is 991 g/mol. The smallest absolute Gasteiger partial charge is 0.137 e. The van der Waals surface area contributed by atoms with Crippen LogP contribution in [0.15, 0.2) is 170 Å². The summed E-state index contributed by atoms with van der Waals surface area (Å²) in [6.07, 6.45) is 1.95. The number of aromatic nitrogens is 2. The predicted molar refractivity (Wildman–Crippen MR) is 319 cm³/mol. The molecule has 0 atom stereocenters. The second-order valence-corrected chi connectivity index (χ2v) is 26.4. The SMILES string of the molecule is CC(C)(C)c1cc(Oc2ccc3c4cc(C(C)(C)C)ccc4n(-c4cc(C(C)(C)C)ccn4)c3c2)cc(N2CN(c3cc(C(C)(C)c4ccccc4)cc(C(C)(C)c4ccccc4)c3)c3ccc(C(C)(C)C)cc32)c1. The number of hydrogen-bond donors (Lipinski definition) is 0. The minimum absolute atomic E-state index is 0.00140. The van der Waals surface area contributed by atoms with Crippen molar-refractivity contribution in [3.63, 3.8) is 0 Å². The summed E-state index contributed by atoms with van der Waals surface area (Å²) in [5, 5.41) is 2.38. The number of fused-ring (bicyclic) bond motifs is 4. The van der Waals surface area contributed by atoms with E-state index in [0.29, 0.717) is 6.67 Å². The highest BCUT2D eigenvalue weighted by Gasteiger charge is 2.35. The standard InChI is InChI=1S/C70H78N4O/c1-65(2,3)48-27-31-60-59(40-48)58-30-29-56(44-62(58)74(60)64-42-50(33-34-71-64)67(7,8)9)75-57-39-51(68(10,11)12)36-55(43-57)73-45-72(61-32-28-49(41-63(61)73)66(4,5)6)54-37-52(69(13,14)46-23-19-17-20-24-46)35-53(38-54)70(15,16)47-25-21-18-22-26-47/h17-44H,45H2,1-16H3. The number of hydrogen-bond acceptors (Lipinski definition) is 4. The van der Waals surface area contributed by atoms with Gasteiger partial charge in [0.1, 0.15) is 24.0 Å². The molecular formula is C70H78N4O. The quantitative estimate of drug-likeness (QED) is 0.144. The van der Waals surface area contributed by atoms with E-state index in [1.807, 2.05) is 6.20 Å². The zero-order chi connectivity index (χ0) is 53.6. The first kappa shape index (κ1) is 51.4. The number of benzene rings is 7. The molecular weight excluding hydrogens is 913 g/mol. The molecule has 0 spiro atoms. The van der Waals surface area contributed by atoms with Crippen LogP contribution in [0.4, 0.5) is 22.7 Å². The third-order valence-electron chi connectivity index (χ3n) is 16.1. The van der Waals surface area contributed by atoms with E-state index in [1.165, 1.54) is 72.3 Å². The molecule has 0 saturated heterocycles. The van der Waals surface area contributed by atoms with Crippen LogP contribution in [-0.2, 0) is 32.5 Å². The first-order valence-electron chi connectivity index (χ1n) is 27.0. The van der Waals surface area contributed by atoms with Crippen molar-refractivity contribution >= 4 is 44.6 Å².